The topological polar surface area (TPSA) is 79.2 Å². The Morgan fingerprint density at radius 2 is 2.07 bits per heavy atom. The summed E-state index contributed by atoms with van der Waals surface area (Å²) < 4.78 is 5.35. The number of terminal acetylenes is 1. The van der Waals surface area contributed by atoms with Crippen LogP contribution in [-0.2, 0) is 4.79 Å². The minimum absolute atomic E-state index is 0.140. The summed E-state index contributed by atoms with van der Waals surface area (Å²) >= 11 is 1.26. The van der Waals surface area contributed by atoms with E-state index in [4.69, 9.17) is 16.3 Å². The van der Waals surface area contributed by atoms with Crippen molar-refractivity contribution in [2.24, 2.45) is 4.99 Å². The van der Waals surface area contributed by atoms with Gasteiger partial charge in [-0.25, -0.2) is 9.79 Å². The van der Waals surface area contributed by atoms with E-state index in [2.05, 4.69) is 10.9 Å². The Kier molecular flexibility index (Phi) is 6.37. The Bertz CT molecular complexity index is 1040. The summed E-state index contributed by atoms with van der Waals surface area (Å²) in [6.07, 6.45) is 6.97. The molecule has 1 heterocycles. The molecule has 1 saturated heterocycles. The van der Waals surface area contributed by atoms with Crippen molar-refractivity contribution in [3.8, 4) is 18.1 Å². The van der Waals surface area contributed by atoms with Gasteiger partial charge in [-0.15, -0.1) is 6.42 Å². The van der Waals surface area contributed by atoms with Crippen molar-refractivity contribution >= 4 is 40.6 Å². The quantitative estimate of drug-likeness (QED) is 0.579. The predicted molar refractivity (Wildman–Crippen MR) is 114 cm³/mol. The molecular weight excluding hydrogens is 388 g/mol. The number of hydrogen-bond acceptors (Lipinski definition) is 5. The molecule has 3 rings (SSSR count). The second-order valence-electron chi connectivity index (χ2n) is 5.97. The molecule has 1 aliphatic heterocycles. The number of nitrogens with zero attached hydrogens (tertiary/aromatic N) is 2. The van der Waals surface area contributed by atoms with Crippen LogP contribution < -0.4 is 4.74 Å². The maximum absolute atomic E-state index is 12.7. The zero-order valence-corrected chi connectivity index (χ0v) is 16.5. The third-order valence-corrected chi connectivity index (χ3v) is 5.03. The molecule has 6 nitrogen and oxygen atoms in total. The van der Waals surface area contributed by atoms with Gasteiger partial charge in [0.2, 0.25) is 0 Å². The summed E-state index contributed by atoms with van der Waals surface area (Å²) in [5.74, 6) is 1.90. The molecule has 146 valence electrons. The number of ether oxygens (including phenoxy) is 1. The van der Waals surface area contributed by atoms with Crippen LogP contribution >= 0.6 is 11.8 Å². The molecule has 0 aromatic heterocycles. The van der Waals surface area contributed by atoms with Gasteiger partial charge in [0, 0.05) is 6.54 Å². The Balaban J connectivity index is 1.85. The highest BCUT2D eigenvalue weighted by atomic mass is 32.2. The number of hydrogen-bond donors (Lipinski definition) is 1. The molecule has 1 N–H and O–H groups in total. The van der Waals surface area contributed by atoms with E-state index in [9.17, 15) is 9.59 Å². The van der Waals surface area contributed by atoms with Crippen LogP contribution in [0.3, 0.4) is 0 Å². The van der Waals surface area contributed by atoms with Crippen molar-refractivity contribution < 1.29 is 19.4 Å². The highest BCUT2D eigenvalue weighted by Crippen LogP contribution is 2.34. The molecule has 0 spiro atoms. The van der Waals surface area contributed by atoms with Crippen LogP contribution in [0.4, 0.5) is 5.69 Å². The fourth-order valence-corrected chi connectivity index (χ4v) is 3.69. The highest BCUT2D eigenvalue weighted by molar-refractivity contribution is 8.18. The molecule has 0 atom stereocenters. The summed E-state index contributed by atoms with van der Waals surface area (Å²) in [6.45, 7) is 2.52. The monoisotopic (exact) mass is 406 g/mol. The number of carbonyl (C=O) groups is 2. The molecule has 0 unspecified atom stereocenters. The molecule has 1 amide bonds. The SMILES string of the molecule is C#CCOc1ccc(/C=C2/SC(=Nc3cccc(C(=O)O)c3)N(CC)C2=O)cc1. The number of likely N-dealkylation sites (N-methyl/N-ethyl adjacent to an activating group) is 1. The summed E-state index contributed by atoms with van der Waals surface area (Å²) in [5, 5.41) is 9.65. The van der Waals surface area contributed by atoms with Gasteiger partial charge in [-0.1, -0.05) is 24.1 Å². The van der Waals surface area contributed by atoms with Crippen molar-refractivity contribution in [1.29, 1.82) is 0 Å². The number of carboxylic acid groups (broad SMARTS) is 1. The Morgan fingerprint density at radius 3 is 2.72 bits per heavy atom. The molecule has 0 aliphatic carbocycles. The van der Waals surface area contributed by atoms with Crippen LogP contribution in [0.25, 0.3) is 6.08 Å². The average Bonchev–Trinajstić information content (AvgIpc) is 3.01. The fraction of sp³-hybridized carbons (Fsp3) is 0.136. The molecule has 29 heavy (non-hydrogen) atoms. The van der Waals surface area contributed by atoms with Crippen LogP contribution in [0, 0.1) is 12.3 Å². The molecule has 7 heteroatoms. The van der Waals surface area contributed by atoms with Crippen molar-refractivity contribution in [2.45, 2.75) is 6.92 Å². The summed E-state index contributed by atoms with van der Waals surface area (Å²) in [6, 6.07) is 13.6. The standard InChI is InChI=1S/C22H18N2O4S/c1-3-12-28-18-10-8-15(9-11-18)13-19-20(25)24(4-2)22(29-19)23-17-7-5-6-16(14-17)21(26)27/h1,5-11,13-14H,4,12H2,2H3,(H,26,27)/b19-13+,23-22?. The number of thioether (sulfide) groups is 1. The van der Waals surface area contributed by atoms with Crippen LogP contribution in [0.2, 0.25) is 0 Å². The van der Waals surface area contributed by atoms with Gasteiger partial charge in [-0.2, -0.15) is 0 Å². The van der Waals surface area contributed by atoms with Gasteiger partial charge in [-0.3, -0.25) is 9.69 Å². The lowest BCUT2D eigenvalue weighted by atomic mass is 10.2. The van der Waals surface area contributed by atoms with E-state index < -0.39 is 5.97 Å². The molecule has 0 radical (unpaired) electrons. The minimum Gasteiger partial charge on any atom is -0.481 e. The predicted octanol–water partition coefficient (Wildman–Crippen LogP) is 4.02. The van der Waals surface area contributed by atoms with Gasteiger partial charge in [0.05, 0.1) is 16.2 Å². The van der Waals surface area contributed by atoms with Gasteiger partial charge >= 0.3 is 5.97 Å². The third-order valence-electron chi connectivity index (χ3n) is 4.02. The van der Waals surface area contributed by atoms with Crippen molar-refractivity contribution in [3.05, 3.63) is 64.6 Å². The number of carboxylic acids is 1. The summed E-state index contributed by atoms with van der Waals surface area (Å²) in [4.78, 5) is 30.5. The van der Waals surface area contributed by atoms with E-state index in [0.717, 1.165) is 5.56 Å². The maximum Gasteiger partial charge on any atom is 0.335 e. The van der Waals surface area contributed by atoms with Gasteiger partial charge in [-0.05, 0) is 60.7 Å². The maximum atomic E-state index is 12.7. The number of aromatic carboxylic acids is 1. The first kappa shape index (κ1) is 20.2. The molecule has 0 saturated carbocycles. The summed E-state index contributed by atoms with van der Waals surface area (Å²) in [7, 11) is 0. The molecule has 0 bridgehead atoms. The lowest BCUT2D eigenvalue weighted by molar-refractivity contribution is -0.122. The number of aliphatic imine (C=N–C) groups is 1. The van der Waals surface area contributed by atoms with E-state index in [0.29, 0.717) is 28.1 Å². The van der Waals surface area contributed by atoms with E-state index in [1.165, 1.54) is 23.9 Å². The number of rotatable bonds is 6. The van der Waals surface area contributed by atoms with Gasteiger partial charge in [0.15, 0.2) is 5.17 Å². The van der Waals surface area contributed by atoms with E-state index in [-0.39, 0.29) is 18.1 Å². The second-order valence-corrected chi connectivity index (χ2v) is 6.98. The minimum atomic E-state index is -1.02. The average molecular weight is 406 g/mol. The molecular formula is C22H18N2O4S. The second kappa shape index (κ2) is 9.13. The zero-order chi connectivity index (χ0) is 20.8. The number of benzene rings is 2. The highest BCUT2D eigenvalue weighted by Gasteiger charge is 2.32. The fourth-order valence-electron chi connectivity index (χ4n) is 2.63. The molecule has 1 aliphatic rings. The Hall–Kier alpha value is -3.50. The van der Waals surface area contributed by atoms with Crippen molar-refractivity contribution in [2.75, 3.05) is 13.2 Å². The Morgan fingerprint density at radius 1 is 1.31 bits per heavy atom. The van der Waals surface area contributed by atoms with E-state index >= 15 is 0 Å². The van der Waals surface area contributed by atoms with Crippen LogP contribution in [0.15, 0.2) is 58.4 Å². The molecule has 1 fully saturated rings. The molecule has 2 aromatic rings. The zero-order valence-electron chi connectivity index (χ0n) is 15.7. The molecule has 2 aromatic carbocycles. The van der Waals surface area contributed by atoms with Crippen molar-refractivity contribution in [1.82, 2.24) is 4.90 Å². The number of amidine groups is 1. The first-order valence-corrected chi connectivity index (χ1v) is 9.63. The van der Waals surface area contributed by atoms with Crippen LogP contribution in [0.5, 0.6) is 5.75 Å². The third kappa shape index (κ3) is 4.86. The van der Waals surface area contributed by atoms with Gasteiger partial charge in [0.25, 0.3) is 5.91 Å². The van der Waals surface area contributed by atoms with Crippen molar-refractivity contribution in [3.63, 3.8) is 0 Å². The largest absolute Gasteiger partial charge is 0.481 e. The first-order valence-electron chi connectivity index (χ1n) is 8.81. The number of amides is 1. The lowest BCUT2D eigenvalue weighted by Gasteiger charge is -2.12. The normalized spacial score (nSPS) is 16.3. The smallest absolute Gasteiger partial charge is 0.335 e. The van der Waals surface area contributed by atoms with Crippen LogP contribution in [0.1, 0.15) is 22.8 Å². The van der Waals surface area contributed by atoms with E-state index in [1.54, 1.807) is 35.2 Å². The van der Waals surface area contributed by atoms with Gasteiger partial charge in [0.1, 0.15) is 12.4 Å². The Labute approximate surface area is 172 Å². The lowest BCUT2D eigenvalue weighted by Crippen LogP contribution is -2.28. The van der Waals surface area contributed by atoms with E-state index in [1.807, 2.05) is 19.1 Å². The first-order chi connectivity index (χ1) is 14.0. The summed E-state index contributed by atoms with van der Waals surface area (Å²) in [5.41, 5.74) is 1.47. The van der Waals surface area contributed by atoms with Gasteiger partial charge < -0.3 is 9.84 Å². The van der Waals surface area contributed by atoms with Crippen LogP contribution in [-0.4, -0.2) is 40.2 Å². The number of carbonyl (C=O) groups excluding carboxylic acids is 1.